The molecule has 7 heteroatoms. The van der Waals surface area contributed by atoms with E-state index in [1.807, 2.05) is 0 Å². The fourth-order valence-electron chi connectivity index (χ4n) is 3.72. The highest BCUT2D eigenvalue weighted by molar-refractivity contribution is 5.88. The molecule has 7 nitrogen and oxygen atoms in total. The average Bonchev–Trinajstić information content (AvgIpc) is 2.81. The lowest BCUT2D eigenvalue weighted by Crippen LogP contribution is -2.43. The van der Waals surface area contributed by atoms with E-state index in [9.17, 15) is 9.59 Å². The van der Waals surface area contributed by atoms with Crippen LogP contribution in [0.4, 0.5) is 16.3 Å². The van der Waals surface area contributed by atoms with Gasteiger partial charge in [0.25, 0.3) is 5.56 Å². The molecule has 0 aliphatic carbocycles. The van der Waals surface area contributed by atoms with Gasteiger partial charge in [0.15, 0.2) is 0 Å². The summed E-state index contributed by atoms with van der Waals surface area (Å²) in [5, 5.41) is 2.67. The summed E-state index contributed by atoms with van der Waals surface area (Å²) in [6.07, 6.45) is 4.93. The predicted molar refractivity (Wildman–Crippen MR) is 96.0 cm³/mol. The normalized spacial score (nSPS) is 19.2. The minimum absolute atomic E-state index is 0.0748. The maximum absolute atomic E-state index is 12.7. The molecule has 1 aromatic heterocycles. The van der Waals surface area contributed by atoms with Crippen molar-refractivity contribution < 1.29 is 4.79 Å². The van der Waals surface area contributed by atoms with Crippen molar-refractivity contribution in [1.82, 2.24) is 14.5 Å². The molecule has 0 bridgehead atoms. The number of aromatic nitrogens is 2. The van der Waals surface area contributed by atoms with Gasteiger partial charge < -0.3 is 14.4 Å². The van der Waals surface area contributed by atoms with Gasteiger partial charge in [-0.1, -0.05) is 18.2 Å². The number of aryl methyl sites for hydroxylation is 1. The van der Waals surface area contributed by atoms with Gasteiger partial charge in [0.2, 0.25) is 5.82 Å². The van der Waals surface area contributed by atoms with Gasteiger partial charge in [0.1, 0.15) is 0 Å². The zero-order chi connectivity index (χ0) is 17.4. The number of urea groups is 1. The van der Waals surface area contributed by atoms with Crippen LogP contribution < -0.4 is 15.8 Å². The molecule has 0 radical (unpaired) electrons. The van der Waals surface area contributed by atoms with E-state index in [0.29, 0.717) is 13.1 Å². The smallest absolute Gasteiger partial charge is 0.323 e. The number of carbonyl (C=O) groups is 1. The Morgan fingerprint density at radius 2 is 2.12 bits per heavy atom. The highest BCUT2D eigenvalue weighted by Gasteiger charge is 2.33. The van der Waals surface area contributed by atoms with Gasteiger partial charge in [-0.3, -0.25) is 10.1 Å². The zero-order valence-corrected chi connectivity index (χ0v) is 14.2. The van der Waals surface area contributed by atoms with E-state index in [1.165, 1.54) is 22.0 Å². The van der Waals surface area contributed by atoms with Gasteiger partial charge in [0.05, 0.1) is 6.04 Å². The molecule has 4 rings (SSSR count). The molecule has 0 spiro atoms. The lowest BCUT2D eigenvalue weighted by molar-refractivity contribution is 0.211. The van der Waals surface area contributed by atoms with Gasteiger partial charge in [-0.15, -0.1) is 0 Å². The van der Waals surface area contributed by atoms with Crippen molar-refractivity contribution in [3.63, 3.8) is 0 Å². The number of amides is 2. The first-order chi connectivity index (χ1) is 12.1. The summed E-state index contributed by atoms with van der Waals surface area (Å²) in [6, 6.07) is 8.47. The fourth-order valence-corrected chi connectivity index (χ4v) is 3.72. The van der Waals surface area contributed by atoms with Gasteiger partial charge in [-0.05, 0) is 24.5 Å². The van der Waals surface area contributed by atoms with Crippen LogP contribution in [0.25, 0.3) is 0 Å². The van der Waals surface area contributed by atoms with Crippen LogP contribution in [0, 0.1) is 0 Å². The molecule has 2 aliphatic rings. The molecule has 2 aliphatic heterocycles. The van der Waals surface area contributed by atoms with E-state index in [1.54, 1.807) is 18.1 Å². The summed E-state index contributed by atoms with van der Waals surface area (Å²) in [5.41, 5.74) is 2.32. The molecule has 1 aromatic carbocycles. The number of rotatable bonds is 1. The summed E-state index contributed by atoms with van der Waals surface area (Å²) < 4.78 is 1.40. The average molecular weight is 339 g/mol. The molecule has 1 saturated heterocycles. The number of para-hydroxylation sites is 1. The topological polar surface area (TPSA) is 70.5 Å². The first-order valence-corrected chi connectivity index (χ1v) is 8.55. The molecule has 3 heterocycles. The van der Waals surface area contributed by atoms with Gasteiger partial charge in [-0.2, -0.15) is 0 Å². The van der Waals surface area contributed by atoms with Crippen LogP contribution in [0.2, 0.25) is 0 Å². The van der Waals surface area contributed by atoms with E-state index in [0.717, 1.165) is 19.4 Å². The molecule has 130 valence electrons. The second kappa shape index (κ2) is 6.23. The van der Waals surface area contributed by atoms with Gasteiger partial charge >= 0.3 is 6.03 Å². The lowest BCUT2D eigenvalue weighted by atomic mass is 10.1. The molecule has 25 heavy (non-hydrogen) atoms. The van der Waals surface area contributed by atoms with Gasteiger partial charge in [0, 0.05) is 44.8 Å². The quantitative estimate of drug-likeness (QED) is 0.854. The largest absolute Gasteiger partial charge is 0.366 e. The second-order valence-corrected chi connectivity index (χ2v) is 6.60. The number of hydrogen-bond acceptors (Lipinski definition) is 4. The standard InChI is InChI=1S/C18H21N5O2/c1-21-10-7-19-16(17(21)24)20-18(25)22-8-4-9-23-14(12-22)11-13-5-2-3-6-15(13)23/h2-3,5-7,10,14H,4,8-9,11-12H2,1H3,(H,19,20,25)/t14-/m1/s1. The van der Waals surface area contributed by atoms with Crippen molar-refractivity contribution in [3.8, 4) is 0 Å². The molecule has 2 aromatic rings. The van der Waals surface area contributed by atoms with E-state index in [4.69, 9.17) is 0 Å². The SMILES string of the molecule is Cn1ccnc(NC(=O)N2CCCN3c4ccccc4C[C@@H]3C2)c1=O. The summed E-state index contributed by atoms with van der Waals surface area (Å²) >= 11 is 0. The first-order valence-electron chi connectivity index (χ1n) is 8.55. The number of nitrogens with zero attached hydrogens (tertiary/aromatic N) is 4. The Balaban J connectivity index is 1.50. The minimum atomic E-state index is -0.305. The van der Waals surface area contributed by atoms with E-state index in [-0.39, 0.29) is 23.5 Å². The van der Waals surface area contributed by atoms with Crippen LogP contribution >= 0.6 is 0 Å². The molecular formula is C18H21N5O2. The number of nitrogens with one attached hydrogen (secondary N) is 1. The molecular weight excluding hydrogens is 318 g/mol. The van der Waals surface area contributed by atoms with Crippen LogP contribution in [0.5, 0.6) is 0 Å². The Morgan fingerprint density at radius 3 is 3.00 bits per heavy atom. The molecule has 1 fully saturated rings. The molecule has 1 N–H and O–H groups in total. The van der Waals surface area contributed by atoms with Crippen molar-refractivity contribution in [3.05, 3.63) is 52.6 Å². The molecule has 1 atom stereocenters. The summed E-state index contributed by atoms with van der Waals surface area (Å²) in [6.45, 7) is 2.26. The van der Waals surface area contributed by atoms with E-state index >= 15 is 0 Å². The summed E-state index contributed by atoms with van der Waals surface area (Å²) in [7, 11) is 1.64. The third kappa shape index (κ3) is 2.86. The zero-order valence-electron chi connectivity index (χ0n) is 14.2. The van der Waals surface area contributed by atoms with Crippen LogP contribution in [-0.2, 0) is 13.5 Å². The number of benzene rings is 1. The van der Waals surface area contributed by atoms with Crippen LogP contribution in [0.15, 0.2) is 41.5 Å². The highest BCUT2D eigenvalue weighted by Crippen LogP contribution is 2.33. The van der Waals surface area contributed by atoms with Crippen molar-refractivity contribution in [2.24, 2.45) is 7.05 Å². The summed E-state index contributed by atoms with van der Waals surface area (Å²) in [5.74, 6) is 0.0748. The first kappa shape index (κ1) is 15.7. The van der Waals surface area contributed by atoms with Crippen molar-refractivity contribution >= 4 is 17.5 Å². The maximum atomic E-state index is 12.7. The van der Waals surface area contributed by atoms with Crippen LogP contribution in [0.1, 0.15) is 12.0 Å². The molecule has 0 saturated carbocycles. The Morgan fingerprint density at radius 1 is 1.28 bits per heavy atom. The highest BCUT2D eigenvalue weighted by atomic mass is 16.2. The van der Waals surface area contributed by atoms with Crippen LogP contribution in [0.3, 0.4) is 0 Å². The Hall–Kier alpha value is -2.83. The maximum Gasteiger partial charge on any atom is 0.323 e. The number of carbonyl (C=O) groups excluding carboxylic acids is 1. The van der Waals surface area contributed by atoms with Crippen molar-refractivity contribution in [2.75, 3.05) is 29.9 Å². The Labute approximate surface area is 145 Å². The number of fused-ring (bicyclic) bond motifs is 3. The predicted octanol–water partition coefficient (Wildman–Crippen LogP) is 1.45. The van der Waals surface area contributed by atoms with Crippen molar-refractivity contribution in [2.45, 2.75) is 18.9 Å². The Bertz CT molecular complexity index is 863. The Kier molecular flexibility index (Phi) is 3.91. The van der Waals surface area contributed by atoms with E-state index < -0.39 is 0 Å². The lowest BCUT2D eigenvalue weighted by Gasteiger charge is -2.27. The second-order valence-electron chi connectivity index (χ2n) is 6.60. The number of anilines is 2. The number of hydrogen-bond donors (Lipinski definition) is 1. The van der Waals surface area contributed by atoms with Crippen molar-refractivity contribution in [1.29, 1.82) is 0 Å². The monoisotopic (exact) mass is 339 g/mol. The van der Waals surface area contributed by atoms with E-state index in [2.05, 4.69) is 39.5 Å². The minimum Gasteiger partial charge on any atom is -0.366 e. The fraction of sp³-hybridized carbons (Fsp3) is 0.389. The molecule has 2 amide bonds. The summed E-state index contributed by atoms with van der Waals surface area (Å²) in [4.78, 5) is 32.9. The van der Waals surface area contributed by atoms with Gasteiger partial charge in [-0.25, -0.2) is 9.78 Å². The molecule has 0 unspecified atom stereocenters. The third-order valence-electron chi connectivity index (χ3n) is 4.98. The third-order valence-corrected chi connectivity index (χ3v) is 4.98. The van der Waals surface area contributed by atoms with Crippen LogP contribution in [-0.4, -0.2) is 46.2 Å².